The second-order valence-corrected chi connectivity index (χ2v) is 15.0. The molecule has 8 aromatic carbocycles. The van der Waals surface area contributed by atoms with Crippen LogP contribution in [0.2, 0.25) is 0 Å². The molecule has 4 heteroatoms. The van der Waals surface area contributed by atoms with Crippen molar-refractivity contribution < 1.29 is 4.74 Å². The lowest BCUT2D eigenvalue weighted by Crippen LogP contribution is -2.59. The van der Waals surface area contributed by atoms with Gasteiger partial charge in [-0.1, -0.05) is 105 Å². The molecule has 1 aliphatic carbocycles. The number of rotatable bonds is 4. The van der Waals surface area contributed by atoms with Gasteiger partial charge in [0.15, 0.2) is 0 Å². The van der Waals surface area contributed by atoms with Gasteiger partial charge in [0.25, 0.3) is 6.71 Å². The summed E-state index contributed by atoms with van der Waals surface area (Å²) in [4.78, 5) is 4.73. The maximum atomic E-state index is 6.91. The molecule has 0 amide bonds. The van der Waals surface area contributed by atoms with E-state index in [0.717, 1.165) is 34.2 Å². The third kappa shape index (κ3) is 4.42. The molecule has 8 aromatic rings. The number of hydrogen-bond donors (Lipinski definition) is 0. The van der Waals surface area contributed by atoms with Gasteiger partial charge in [0.05, 0.1) is 0 Å². The van der Waals surface area contributed by atoms with Crippen molar-refractivity contribution in [2.45, 2.75) is 19.3 Å². The molecule has 0 saturated carbocycles. The van der Waals surface area contributed by atoms with Crippen LogP contribution in [0.3, 0.4) is 0 Å². The minimum absolute atomic E-state index is 0.0644. The number of hydrogen-bond acceptors (Lipinski definition) is 3. The summed E-state index contributed by atoms with van der Waals surface area (Å²) in [6.45, 7) is 4.83. The smallest absolute Gasteiger partial charge is 0.256 e. The van der Waals surface area contributed by atoms with Gasteiger partial charge in [-0.05, 0) is 134 Å². The van der Waals surface area contributed by atoms with Gasteiger partial charge in [0.2, 0.25) is 0 Å². The number of benzene rings is 8. The van der Waals surface area contributed by atoms with Crippen molar-refractivity contribution >= 4 is 68.0 Å². The molecule has 0 aromatic heterocycles. The maximum Gasteiger partial charge on any atom is 0.256 e. The summed E-state index contributed by atoms with van der Waals surface area (Å²) in [6, 6.07) is 63.8. The third-order valence-electron chi connectivity index (χ3n) is 11.6. The van der Waals surface area contributed by atoms with Gasteiger partial charge in [-0.15, -0.1) is 0 Å². The highest BCUT2D eigenvalue weighted by Gasteiger charge is 2.44. The van der Waals surface area contributed by atoms with Crippen LogP contribution in [0.25, 0.3) is 21.9 Å². The Balaban J connectivity index is 1.06. The third-order valence-corrected chi connectivity index (χ3v) is 11.6. The van der Waals surface area contributed by atoms with Crippen molar-refractivity contribution in [3.05, 3.63) is 187 Å². The Morgan fingerprint density at radius 2 is 1.13 bits per heavy atom. The zero-order chi connectivity index (χ0) is 35.3. The number of anilines is 6. The fraction of sp³-hybridized carbons (Fsp3) is 0.0612. The predicted molar refractivity (Wildman–Crippen MR) is 222 cm³/mol. The highest BCUT2D eigenvalue weighted by molar-refractivity contribution is 6.99. The Morgan fingerprint density at radius 3 is 1.89 bits per heavy atom. The van der Waals surface area contributed by atoms with Gasteiger partial charge in [-0.25, -0.2) is 0 Å². The topological polar surface area (TPSA) is 15.7 Å². The van der Waals surface area contributed by atoms with E-state index in [1.807, 2.05) is 0 Å². The lowest BCUT2D eigenvalue weighted by Gasteiger charge is -2.40. The molecule has 250 valence electrons. The second kappa shape index (κ2) is 11.2. The summed E-state index contributed by atoms with van der Waals surface area (Å²) in [5, 5.41) is 2.47. The average Bonchev–Trinajstić information content (AvgIpc) is 3.41. The average molecular weight is 679 g/mol. The molecule has 2 aliphatic heterocycles. The molecule has 0 radical (unpaired) electrons. The van der Waals surface area contributed by atoms with E-state index in [2.05, 4.69) is 200 Å². The van der Waals surface area contributed by atoms with Crippen LogP contribution in [0, 0.1) is 0 Å². The Kier molecular flexibility index (Phi) is 6.39. The fourth-order valence-corrected chi connectivity index (χ4v) is 9.18. The predicted octanol–water partition coefficient (Wildman–Crippen LogP) is 11.0. The van der Waals surface area contributed by atoms with Crippen LogP contribution in [0.4, 0.5) is 34.1 Å². The summed E-state index contributed by atoms with van der Waals surface area (Å²) in [7, 11) is 0. The molecule has 11 rings (SSSR count). The molecule has 0 fully saturated rings. The van der Waals surface area contributed by atoms with Crippen molar-refractivity contribution in [2.24, 2.45) is 0 Å². The van der Waals surface area contributed by atoms with Crippen molar-refractivity contribution in [3.8, 4) is 22.6 Å². The first-order valence-electron chi connectivity index (χ1n) is 18.5. The SMILES string of the molecule is CC1(C)c2cc3c(cc2-c2cc4ccc(N(c5ccccc5)c5ccccc5)cc4cc21)Oc1cccc2c1B3c1ccccc1N2c1ccccc1. The van der Waals surface area contributed by atoms with Gasteiger partial charge in [0, 0.05) is 39.5 Å². The molecule has 0 bridgehead atoms. The Labute approximate surface area is 310 Å². The van der Waals surface area contributed by atoms with E-state index in [9.17, 15) is 0 Å². The van der Waals surface area contributed by atoms with E-state index in [0.29, 0.717) is 0 Å². The number of para-hydroxylation sites is 4. The summed E-state index contributed by atoms with van der Waals surface area (Å²) in [6.07, 6.45) is 0. The Morgan fingerprint density at radius 1 is 0.491 bits per heavy atom. The van der Waals surface area contributed by atoms with Crippen LogP contribution in [0.5, 0.6) is 11.5 Å². The molecule has 3 aliphatic rings. The van der Waals surface area contributed by atoms with Gasteiger partial charge in [-0.3, -0.25) is 0 Å². The van der Waals surface area contributed by atoms with Crippen LogP contribution in [-0.4, -0.2) is 6.71 Å². The van der Waals surface area contributed by atoms with Crippen molar-refractivity contribution in [1.29, 1.82) is 0 Å². The molecular weight excluding hydrogens is 643 g/mol. The second-order valence-electron chi connectivity index (χ2n) is 15.0. The van der Waals surface area contributed by atoms with Crippen LogP contribution >= 0.6 is 0 Å². The van der Waals surface area contributed by atoms with Crippen LogP contribution < -0.4 is 30.9 Å². The highest BCUT2D eigenvalue weighted by Crippen LogP contribution is 2.52. The summed E-state index contributed by atoms with van der Waals surface area (Å²) >= 11 is 0. The van der Waals surface area contributed by atoms with Crippen molar-refractivity contribution in [1.82, 2.24) is 0 Å². The number of nitrogens with zero attached hydrogens (tertiary/aromatic N) is 2. The zero-order valence-electron chi connectivity index (χ0n) is 29.6. The first kappa shape index (κ1) is 30.1. The van der Waals surface area contributed by atoms with Gasteiger partial charge in [0.1, 0.15) is 11.5 Å². The first-order chi connectivity index (χ1) is 26.0. The molecule has 0 spiro atoms. The number of ether oxygens (including phenoxy) is 1. The standard InChI is InChI=1S/C49H35BN2O/c1-49(2)40-29-33-27-37(51(34-15-6-3-7-16-34)35-17-8-4-9-18-35)26-25-32(33)28-38(40)39-30-47-43(31-41(39)49)50-42-21-12-13-22-44(42)52(36-19-10-5-11-20-36)45-23-14-24-46(53-47)48(45)50/h3-31H,1-2H3. The maximum absolute atomic E-state index is 6.91. The van der Waals surface area contributed by atoms with E-state index in [4.69, 9.17) is 4.74 Å². The summed E-state index contributed by atoms with van der Waals surface area (Å²) < 4.78 is 6.91. The van der Waals surface area contributed by atoms with Crippen LogP contribution in [0.15, 0.2) is 176 Å². The molecule has 53 heavy (non-hydrogen) atoms. The molecule has 3 nitrogen and oxygen atoms in total. The van der Waals surface area contributed by atoms with Gasteiger partial charge in [-0.2, -0.15) is 0 Å². The Hall–Kier alpha value is -6.52. The van der Waals surface area contributed by atoms with E-state index >= 15 is 0 Å². The van der Waals surface area contributed by atoms with Crippen molar-refractivity contribution in [3.63, 3.8) is 0 Å². The lowest BCUT2D eigenvalue weighted by molar-refractivity contribution is 0.487. The quantitative estimate of drug-likeness (QED) is 0.172. The van der Waals surface area contributed by atoms with Crippen molar-refractivity contribution in [2.75, 3.05) is 9.80 Å². The monoisotopic (exact) mass is 678 g/mol. The Bertz CT molecular complexity index is 2700. The number of fused-ring (bicyclic) bond motifs is 8. The van der Waals surface area contributed by atoms with Crippen LogP contribution in [0.1, 0.15) is 25.0 Å². The normalized spacial score (nSPS) is 14.1. The van der Waals surface area contributed by atoms with E-state index < -0.39 is 0 Å². The van der Waals surface area contributed by atoms with E-state index in [1.165, 1.54) is 60.8 Å². The largest absolute Gasteiger partial charge is 0.458 e. The molecule has 0 N–H and O–H groups in total. The molecule has 0 saturated heterocycles. The van der Waals surface area contributed by atoms with E-state index in [-0.39, 0.29) is 12.1 Å². The minimum atomic E-state index is -0.202. The van der Waals surface area contributed by atoms with Gasteiger partial charge >= 0.3 is 0 Å². The molecular formula is C49H35BN2O. The zero-order valence-corrected chi connectivity index (χ0v) is 29.6. The summed E-state index contributed by atoms with van der Waals surface area (Å²) in [5.74, 6) is 1.88. The highest BCUT2D eigenvalue weighted by atomic mass is 16.5. The molecule has 2 heterocycles. The van der Waals surface area contributed by atoms with Crippen LogP contribution in [-0.2, 0) is 5.41 Å². The fourth-order valence-electron chi connectivity index (χ4n) is 9.18. The lowest BCUT2D eigenvalue weighted by atomic mass is 9.34. The summed E-state index contributed by atoms with van der Waals surface area (Å²) in [5.41, 5.74) is 15.8. The first-order valence-corrected chi connectivity index (χ1v) is 18.5. The van der Waals surface area contributed by atoms with E-state index in [1.54, 1.807) is 0 Å². The van der Waals surface area contributed by atoms with Gasteiger partial charge < -0.3 is 14.5 Å². The molecule has 0 unspecified atom stereocenters. The minimum Gasteiger partial charge on any atom is -0.458 e. The molecule has 0 atom stereocenters.